The molecule has 24 nitrogen and oxygen atoms in total. The number of imidazole rings is 1. The van der Waals surface area contributed by atoms with Gasteiger partial charge in [0.2, 0.25) is 35.4 Å². The first-order valence-electron chi connectivity index (χ1n) is 28.6. The molecule has 7 amide bonds. The number of hydrogen-bond acceptors (Lipinski definition) is 17. The van der Waals surface area contributed by atoms with Crippen LogP contribution in [0.1, 0.15) is 149 Å². The van der Waals surface area contributed by atoms with Gasteiger partial charge in [-0.25, -0.2) is 19.7 Å². The summed E-state index contributed by atoms with van der Waals surface area (Å²) in [6.45, 7) is 13.4. The van der Waals surface area contributed by atoms with Crippen molar-refractivity contribution in [1.29, 1.82) is 0 Å². The second-order valence-electron chi connectivity index (χ2n) is 22.1. The van der Waals surface area contributed by atoms with E-state index in [0.29, 0.717) is 54.2 Å². The average Bonchev–Trinajstić information content (AvgIpc) is 4.00. The van der Waals surface area contributed by atoms with Crippen LogP contribution in [0.15, 0.2) is 30.6 Å². The predicted molar refractivity (Wildman–Crippen MR) is 313 cm³/mol. The number of aliphatic hydroxyl groups excluding tert-OH is 3. The van der Waals surface area contributed by atoms with Crippen LogP contribution in [-0.4, -0.2) is 173 Å². The number of fused-ring (bicyclic) bond motifs is 1. The van der Waals surface area contributed by atoms with E-state index in [1.807, 2.05) is 6.92 Å². The molecule has 2 aliphatic heterocycles. The Balaban J connectivity index is 0.953. The number of ether oxygens (including phenoxy) is 2. The molecule has 2 aromatic heterocycles. The van der Waals surface area contributed by atoms with E-state index >= 15 is 0 Å². The number of nitrogens with zero attached hydrogens (tertiary/aromatic N) is 5. The fourth-order valence-electron chi connectivity index (χ4n) is 9.79. The number of aromatic nitrogens is 4. The zero-order chi connectivity index (χ0) is 59.4. The molecule has 4 heterocycles. The minimum atomic E-state index is -1.51. The lowest BCUT2D eigenvalue weighted by molar-refractivity contribution is -0.185. The zero-order valence-corrected chi connectivity index (χ0v) is 50.4. The van der Waals surface area contributed by atoms with Crippen molar-refractivity contribution in [2.45, 2.75) is 191 Å². The van der Waals surface area contributed by atoms with Crippen molar-refractivity contribution in [3.05, 3.63) is 42.0 Å². The maximum atomic E-state index is 13.3. The van der Waals surface area contributed by atoms with Crippen LogP contribution >= 0.6 is 22.6 Å². The highest BCUT2D eigenvalue weighted by atomic mass is 127. The van der Waals surface area contributed by atoms with Gasteiger partial charge >= 0.3 is 6.09 Å². The number of amides is 7. The van der Waals surface area contributed by atoms with Gasteiger partial charge in [0, 0.05) is 41.0 Å². The average molecular weight is 1250 g/mol. The zero-order valence-electron chi connectivity index (χ0n) is 48.2. The molecule has 2 saturated heterocycles. The highest BCUT2D eigenvalue weighted by Crippen LogP contribution is 2.40. The second kappa shape index (κ2) is 32.3. The number of aliphatic hydroxyl groups is 3. The van der Waals surface area contributed by atoms with Crippen LogP contribution in [0.5, 0.6) is 0 Å². The number of unbranched alkanes of at least 4 members (excludes halogenated alkanes) is 6. The van der Waals surface area contributed by atoms with Crippen LogP contribution in [0.3, 0.4) is 0 Å². The van der Waals surface area contributed by atoms with Crippen molar-refractivity contribution in [3.8, 4) is 0 Å². The molecule has 10 atom stereocenters. The van der Waals surface area contributed by atoms with Gasteiger partial charge in [0.15, 0.2) is 17.7 Å². The number of nitrogens with one attached hydrogen (secondary N) is 7. The lowest BCUT2D eigenvalue weighted by Crippen LogP contribution is -2.66. The summed E-state index contributed by atoms with van der Waals surface area (Å²) >= 11 is 2.28. The first kappa shape index (κ1) is 66.2. The van der Waals surface area contributed by atoms with Gasteiger partial charge in [-0.15, -0.1) is 0 Å². The summed E-state index contributed by atoms with van der Waals surface area (Å²) in [5.41, 5.74) is 2.03. The third kappa shape index (κ3) is 19.8. The Kier molecular flexibility index (Phi) is 26.4. The number of H-pyrrole nitrogens is 1. The highest BCUT2D eigenvalue weighted by molar-refractivity contribution is 14.1. The van der Waals surface area contributed by atoms with Gasteiger partial charge in [-0.05, 0) is 76.7 Å². The van der Waals surface area contributed by atoms with E-state index in [9.17, 15) is 48.9 Å². The van der Waals surface area contributed by atoms with Gasteiger partial charge in [-0.1, -0.05) is 114 Å². The van der Waals surface area contributed by atoms with Crippen LogP contribution in [0, 0.1) is 11.8 Å². The largest absolute Gasteiger partial charge is 0.445 e. The number of aromatic amines is 1. The number of carbonyl (C=O) groups excluding carboxylic acids is 7. The minimum absolute atomic E-state index is 0.0446. The number of halogens is 1. The molecule has 5 rings (SSSR count). The first-order valence-corrected chi connectivity index (χ1v) is 29.7. The van der Waals surface area contributed by atoms with Crippen molar-refractivity contribution in [2.75, 3.05) is 50.5 Å². The standard InChI is InChI=1S/C56H87IN12O12/c1-9-11-13-14-18-34(5)48-65-45-49(66-48)59-32-60-50(45)67-53-47(75)46(74)44(39(30-70)81-53)64-41(72)29-68(8)26-17-16-25-58-55(79)80-31-36-19-21-37(22-20-36)62-51(76)35(6)61-52(77)43(33(3)4)63-40(71)23-27-69-42(73)28-38(54(69)78)56(7,57)24-15-12-10-2/h19-22,32-35,38-39,43-44,46-47,53,70,74-75H,9-18,23-31H2,1-8H3,(H,58,79)(H,61,77)(H,62,76)(H,63,71)(H,64,72)(H2,59,60,65,66,67)/t34?,35-,38?,39-,43-,44-,46+,47-,53-,56?/m0/s1. The number of hydrogen-bond donors (Lipinski definition) is 10. The van der Waals surface area contributed by atoms with E-state index in [1.165, 1.54) is 19.7 Å². The monoisotopic (exact) mass is 1250 g/mol. The molecule has 3 unspecified atom stereocenters. The Morgan fingerprint density at radius 1 is 0.926 bits per heavy atom. The highest BCUT2D eigenvalue weighted by Gasteiger charge is 2.48. The molecule has 0 saturated carbocycles. The fourth-order valence-corrected chi connectivity index (χ4v) is 10.7. The molecular weight excluding hydrogens is 1160 g/mol. The van der Waals surface area contributed by atoms with E-state index in [0.717, 1.165) is 62.1 Å². The van der Waals surface area contributed by atoms with Gasteiger partial charge in [-0.3, -0.25) is 38.6 Å². The number of rotatable bonds is 33. The number of anilines is 2. The van der Waals surface area contributed by atoms with E-state index < -0.39 is 84.9 Å². The molecule has 0 spiro atoms. The molecule has 2 aliphatic rings. The van der Waals surface area contributed by atoms with Crippen LogP contribution < -0.4 is 31.9 Å². The molecule has 0 aliphatic carbocycles. The SMILES string of the molecule is CCCCCCC(C)c1nc2ncnc(N[C@H]3O[C@@H](CO)[C@H](NC(=O)CN(C)CCCCNC(=O)OCc4ccc(NC(=O)[C@H](C)NC(=O)[C@@H](NC(=O)CCN5C(=O)CC(C(C)(I)CCCCC)C5=O)C(C)C)cc4)[C@@H](O)[C@@H]3O)c2[nH]1. The van der Waals surface area contributed by atoms with E-state index in [1.54, 1.807) is 50.1 Å². The number of likely N-dealkylation sites (N-methyl/N-ethyl adjacent to an activating group) is 1. The van der Waals surface area contributed by atoms with Gasteiger partial charge in [0.05, 0.1) is 25.1 Å². The van der Waals surface area contributed by atoms with Crippen molar-refractivity contribution in [1.82, 2.24) is 51.0 Å². The number of carbonyl (C=O) groups is 7. The summed E-state index contributed by atoms with van der Waals surface area (Å²) in [5, 5.41) is 49.0. The van der Waals surface area contributed by atoms with Gasteiger partial charge in [-0.2, -0.15) is 0 Å². The topological polar surface area (TPSA) is 332 Å². The molecule has 3 aromatic rings. The normalized spacial score (nSPS) is 21.1. The third-order valence-corrected chi connectivity index (χ3v) is 16.2. The molecule has 0 bridgehead atoms. The van der Waals surface area contributed by atoms with E-state index in [4.69, 9.17) is 9.47 Å². The van der Waals surface area contributed by atoms with Crippen LogP contribution in [-0.2, 0) is 44.8 Å². The minimum Gasteiger partial charge on any atom is -0.445 e. The number of alkyl carbamates (subject to hydrolysis) is 1. The number of alkyl halides is 1. The van der Waals surface area contributed by atoms with Crippen LogP contribution in [0.2, 0.25) is 0 Å². The lowest BCUT2D eigenvalue weighted by atomic mass is 9.88. The maximum Gasteiger partial charge on any atom is 0.407 e. The number of imide groups is 1. The summed E-state index contributed by atoms with van der Waals surface area (Å²) in [6.07, 6.45) is 5.96. The Morgan fingerprint density at radius 2 is 1.64 bits per heavy atom. The number of benzene rings is 1. The molecule has 81 heavy (non-hydrogen) atoms. The van der Waals surface area contributed by atoms with Crippen LogP contribution in [0.4, 0.5) is 16.3 Å². The van der Waals surface area contributed by atoms with Gasteiger partial charge in [0.25, 0.3) is 0 Å². The molecule has 0 radical (unpaired) electrons. The fraction of sp³-hybridized carbons (Fsp3) is 0.679. The Hall–Kier alpha value is -5.61. The van der Waals surface area contributed by atoms with E-state index in [2.05, 4.69) is 95.2 Å². The molecule has 1 aromatic carbocycles. The third-order valence-electron chi connectivity index (χ3n) is 14.9. The second-order valence-corrected chi connectivity index (χ2v) is 24.5. The summed E-state index contributed by atoms with van der Waals surface area (Å²) < 4.78 is 11.0. The lowest BCUT2D eigenvalue weighted by Gasteiger charge is -2.42. The predicted octanol–water partition coefficient (Wildman–Crippen LogP) is 4.52. The molecule has 25 heteroatoms. The molecule has 2 fully saturated rings. The van der Waals surface area contributed by atoms with Gasteiger partial charge in [0.1, 0.15) is 54.7 Å². The smallest absolute Gasteiger partial charge is 0.407 e. The van der Waals surface area contributed by atoms with Gasteiger partial charge < -0.3 is 61.7 Å². The summed E-state index contributed by atoms with van der Waals surface area (Å²) in [6, 6.07) is 3.52. The summed E-state index contributed by atoms with van der Waals surface area (Å²) in [4.78, 5) is 111. The number of likely N-dealkylation sites (tertiary alicyclic amines) is 1. The van der Waals surface area contributed by atoms with Crippen molar-refractivity contribution >= 4 is 86.8 Å². The van der Waals surface area contributed by atoms with E-state index in [-0.39, 0.29) is 59.6 Å². The van der Waals surface area contributed by atoms with Crippen molar-refractivity contribution in [2.24, 2.45) is 11.8 Å². The quantitative estimate of drug-likeness (QED) is 0.0173. The summed E-state index contributed by atoms with van der Waals surface area (Å²) in [5.74, 6) is -2.19. The maximum absolute atomic E-state index is 13.3. The molecular formula is C56H87IN12O12. The summed E-state index contributed by atoms with van der Waals surface area (Å²) in [7, 11) is 1.74. The Morgan fingerprint density at radius 3 is 2.33 bits per heavy atom. The van der Waals surface area contributed by atoms with Crippen molar-refractivity contribution < 1.29 is 58.4 Å². The van der Waals surface area contributed by atoms with Crippen molar-refractivity contribution in [3.63, 3.8) is 0 Å². The molecule has 450 valence electrons. The van der Waals surface area contributed by atoms with Crippen LogP contribution in [0.25, 0.3) is 11.2 Å². The Bertz CT molecular complexity index is 2550. The molecule has 10 N–H and O–H groups in total. The Labute approximate surface area is 488 Å². The first-order chi connectivity index (χ1) is 38.6.